The Labute approximate surface area is 138 Å². The van der Waals surface area contributed by atoms with Gasteiger partial charge in [0.1, 0.15) is 11.5 Å². The number of benzene rings is 1. The van der Waals surface area contributed by atoms with E-state index in [4.69, 9.17) is 0 Å². The number of halogens is 1. The number of carbonyl (C=O) groups is 1. The Hall–Kier alpha value is -2.96. The summed E-state index contributed by atoms with van der Waals surface area (Å²) in [5, 5.41) is 4.17. The molecule has 4 rings (SSSR count). The molecule has 24 heavy (non-hydrogen) atoms. The molecule has 0 spiro atoms. The third kappa shape index (κ3) is 2.58. The standard InChI is InChI=1S/C17H16FN5O/c18-13-1-3-14(4-2-13)21-9-11-22(12-10-21)17(24)15-5-7-19-16-6-8-20-23(15)16/h1-8H,9-12H2. The number of fused-ring (bicyclic) bond motifs is 1. The van der Waals surface area contributed by atoms with E-state index < -0.39 is 0 Å². The summed E-state index contributed by atoms with van der Waals surface area (Å²) in [6.45, 7) is 2.65. The molecule has 0 bridgehead atoms. The first kappa shape index (κ1) is 14.6. The van der Waals surface area contributed by atoms with Gasteiger partial charge in [-0.3, -0.25) is 4.79 Å². The summed E-state index contributed by atoms with van der Waals surface area (Å²) in [4.78, 5) is 20.9. The Kier molecular flexibility index (Phi) is 3.60. The number of rotatable bonds is 2. The molecule has 2 aromatic heterocycles. The van der Waals surface area contributed by atoms with E-state index in [9.17, 15) is 9.18 Å². The van der Waals surface area contributed by atoms with Crippen LogP contribution in [0.15, 0.2) is 48.8 Å². The number of carbonyl (C=O) groups excluding carboxylic acids is 1. The van der Waals surface area contributed by atoms with Gasteiger partial charge in [-0.05, 0) is 30.3 Å². The maximum absolute atomic E-state index is 13.0. The second-order valence-electron chi connectivity index (χ2n) is 5.69. The van der Waals surface area contributed by atoms with Crippen molar-refractivity contribution in [2.24, 2.45) is 0 Å². The molecule has 3 heterocycles. The number of hydrogen-bond donors (Lipinski definition) is 0. The summed E-state index contributed by atoms with van der Waals surface area (Å²) in [6, 6.07) is 9.90. The molecule has 1 aromatic carbocycles. The fourth-order valence-electron chi connectivity index (χ4n) is 2.98. The van der Waals surface area contributed by atoms with Crippen LogP contribution in [0.3, 0.4) is 0 Å². The van der Waals surface area contributed by atoms with Gasteiger partial charge < -0.3 is 9.80 Å². The zero-order valence-corrected chi connectivity index (χ0v) is 13.0. The Bertz CT molecular complexity index is 868. The van der Waals surface area contributed by atoms with Crippen LogP contribution in [0.5, 0.6) is 0 Å². The van der Waals surface area contributed by atoms with Crippen LogP contribution in [0.25, 0.3) is 5.65 Å². The van der Waals surface area contributed by atoms with Gasteiger partial charge in [0.25, 0.3) is 5.91 Å². The molecule has 0 aliphatic carbocycles. The number of amides is 1. The predicted molar refractivity (Wildman–Crippen MR) is 87.5 cm³/mol. The van der Waals surface area contributed by atoms with E-state index >= 15 is 0 Å². The van der Waals surface area contributed by atoms with Crippen molar-refractivity contribution in [3.8, 4) is 0 Å². The van der Waals surface area contributed by atoms with E-state index in [2.05, 4.69) is 15.0 Å². The molecule has 1 aliphatic rings. The van der Waals surface area contributed by atoms with Crippen molar-refractivity contribution in [1.82, 2.24) is 19.5 Å². The molecular weight excluding hydrogens is 309 g/mol. The number of anilines is 1. The van der Waals surface area contributed by atoms with Crippen LogP contribution in [-0.2, 0) is 0 Å². The summed E-state index contributed by atoms with van der Waals surface area (Å²) in [5.41, 5.74) is 2.15. The Morgan fingerprint density at radius 1 is 0.958 bits per heavy atom. The van der Waals surface area contributed by atoms with Crippen molar-refractivity contribution in [3.05, 3.63) is 60.3 Å². The minimum Gasteiger partial charge on any atom is -0.368 e. The van der Waals surface area contributed by atoms with Crippen molar-refractivity contribution in [3.63, 3.8) is 0 Å². The highest BCUT2D eigenvalue weighted by Crippen LogP contribution is 2.18. The lowest BCUT2D eigenvalue weighted by molar-refractivity contribution is 0.0738. The Morgan fingerprint density at radius 3 is 2.46 bits per heavy atom. The van der Waals surface area contributed by atoms with Gasteiger partial charge in [-0.1, -0.05) is 0 Å². The normalized spacial score (nSPS) is 15.0. The number of aromatic nitrogens is 3. The fraction of sp³-hybridized carbons (Fsp3) is 0.235. The van der Waals surface area contributed by atoms with Gasteiger partial charge in [-0.15, -0.1) is 0 Å². The van der Waals surface area contributed by atoms with E-state index in [1.165, 1.54) is 12.1 Å². The fourth-order valence-corrected chi connectivity index (χ4v) is 2.98. The third-order valence-electron chi connectivity index (χ3n) is 4.27. The molecule has 0 radical (unpaired) electrons. The maximum atomic E-state index is 13.0. The molecule has 3 aromatic rings. The summed E-state index contributed by atoms with van der Waals surface area (Å²) in [7, 11) is 0. The lowest BCUT2D eigenvalue weighted by Crippen LogP contribution is -2.49. The molecule has 1 aliphatic heterocycles. The molecule has 122 valence electrons. The van der Waals surface area contributed by atoms with Crippen molar-refractivity contribution in [2.45, 2.75) is 0 Å². The number of hydrogen-bond acceptors (Lipinski definition) is 4. The lowest BCUT2D eigenvalue weighted by atomic mass is 10.2. The molecule has 0 saturated carbocycles. The van der Waals surface area contributed by atoms with Gasteiger partial charge in [0.05, 0.1) is 6.20 Å². The first-order valence-corrected chi connectivity index (χ1v) is 7.81. The minimum atomic E-state index is -0.242. The van der Waals surface area contributed by atoms with Gasteiger partial charge in [0, 0.05) is 44.1 Å². The van der Waals surface area contributed by atoms with E-state index in [0.29, 0.717) is 37.5 Å². The number of piperazine rings is 1. The summed E-state index contributed by atoms with van der Waals surface area (Å²) >= 11 is 0. The summed E-state index contributed by atoms with van der Waals surface area (Å²) < 4.78 is 14.6. The first-order valence-electron chi connectivity index (χ1n) is 7.81. The van der Waals surface area contributed by atoms with E-state index in [1.54, 1.807) is 41.2 Å². The van der Waals surface area contributed by atoms with Crippen molar-refractivity contribution in [1.29, 1.82) is 0 Å². The highest BCUT2D eigenvalue weighted by Gasteiger charge is 2.24. The maximum Gasteiger partial charge on any atom is 0.272 e. The van der Waals surface area contributed by atoms with Crippen LogP contribution in [0.2, 0.25) is 0 Å². The minimum absolute atomic E-state index is 0.0511. The zero-order chi connectivity index (χ0) is 16.5. The highest BCUT2D eigenvalue weighted by molar-refractivity contribution is 5.93. The molecule has 1 saturated heterocycles. The summed E-state index contributed by atoms with van der Waals surface area (Å²) in [6.07, 6.45) is 3.25. The lowest BCUT2D eigenvalue weighted by Gasteiger charge is -2.36. The second kappa shape index (κ2) is 5.92. The average molecular weight is 325 g/mol. The highest BCUT2D eigenvalue weighted by atomic mass is 19.1. The quantitative estimate of drug-likeness (QED) is 0.721. The van der Waals surface area contributed by atoms with E-state index in [-0.39, 0.29) is 11.7 Å². The van der Waals surface area contributed by atoms with Crippen LogP contribution in [0.1, 0.15) is 10.5 Å². The zero-order valence-electron chi connectivity index (χ0n) is 13.0. The Morgan fingerprint density at radius 2 is 1.71 bits per heavy atom. The monoisotopic (exact) mass is 325 g/mol. The second-order valence-corrected chi connectivity index (χ2v) is 5.69. The van der Waals surface area contributed by atoms with Crippen LogP contribution in [0, 0.1) is 5.82 Å². The molecule has 7 heteroatoms. The van der Waals surface area contributed by atoms with Crippen molar-refractivity contribution >= 4 is 17.2 Å². The molecule has 1 amide bonds. The SMILES string of the molecule is O=C(c1ccnc2ccnn12)N1CCN(c2ccc(F)cc2)CC1. The topological polar surface area (TPSA) is 53.7 Å². The largest absolute Gasteiger partial charge is 0.368 e. The molecule has 0 atom stereocenters. The van der Waals surface area contributed by atoms with Crippen LogP contribution < -0.4 is 4.90 Å². The number of nitrogens with zero attached hydrogens (tertiary/aromatic N) is 5. The van der Waals surface area contributed by atoms with Gasteiger partial charge >= 0.3 is 0 Å². The molecule has 0 unspecified atom stereocenters. The van der Waals surface area contributed by atoms with Crippen LogP contribution in [-0.4, -0.2) is 51.6 Å². The van der Waals surface area contributed by atoms with Crippen molar-refractivity contribution < 1.29 is 9.18 Å². The molecule has 1 fully saturated rings. The van der Waals surface area contributed by atoms with E-state index in [1.807, 2.05) is 4.90 Å². The molecule has 6 nitrogen and oxygen atoms in total. The smallest absolute Gasteiger partial charge is 0.272 e. The third-order valence-corrected chi connectivity index (χ3v) is 4.27. The van der Waals surface area contributed by atoms with Gasteiger partial charge in [-0.2, -0.15) is 5.10 Å². The van der Waals surface area contributed by atoms with Crippen molar-refractivity contribution in [2.75, 3.05) is 31.1 Å². The molecular formula is C17H16FN5O. The van der Waals surface area contributed by atoms with Gasteiger partial charge in [0.15, 0.2) is 5.65 Å². The average Bonchev–Trinajstić information content (AvgIpc) is 3.11. The first-order chi connectivity index (χ1) is 11.7. The van der Waals surface area contributed by atoms with Gasteiger partial charge in [0.2, 0.25) is 0 Å². The van der Waals surface area contributed by atoms with Crippen LogP contribution in [0.4, 0.5) is 10.1 Å². The Balaban J connectivity index is 1.48. The van der Waals surface area contributed by atoms with Gasteiger partial charge in [-0.25, -0.2) is 13.9 Å². The predicted octanol–water partition coefficient (Wildman–Crippen LogP) is 1.83. The molecule has 0 N–H and O–H groups in total. The van der Waals surface area contributed by atoms with E-state index in [0.717, 1.165) is 5.69 Å². The summed E-state index contributed by atoms with van der Waals surface area (Å²) in [5.74, 6) is -0.293. The van der Waals surface area contributed by atoms with Crippen LogP contribution >= 0.6 is 0 Å².